The summed E-state index contributed by atoms with van der Waals surface area (Å²) < 4.78 is 0. The molecule has 0 saturated heterocycles. The molecule has 1 aliphatic rings. The van der Waals surface area contributed by atoms with Gasteiger partial charge in [0.15, 0.2) is 0 Å². The molecule has 104 valence electrons. The second kappa shape index (κ2) is 5.38. The van der Waals surface area contributed by atoms with Crippen LogP contribution in [0, 0.1) is 6.92 Å². The van der Waals surface area contributed by atoms with E-state index in [1.54, 1.807) is 11.3 Å². The van der Waals surface area contributed by atoms with Gasteiger partial charge in [-0.05, 0) is 49.1 Å². The molecule has 0 fully saturated rings. The van der Waals surface area contributed by atoms with Crippen LogP contribution in [0.15, 0.2) is 30.3 Å². The van der Waals surface area contributed by atoms with E-state index < -0.39 is 6.10 Å². The second-order valence-corrected chi connectivity index (χ2v) is 6.49. The Morgan fingerprint density at radius 1 is 1.25 bits per heavy atom. The van der Waals surface area contributed by atoms with Gasteiger partial charge in [-0.3, -0.25) is 4.79 Å². The van der Waals surface area contributed by atoms with E-state index in [1.165, 1.54) is 4.88 Å². The van der Waals surface area contributed by atoms with Crippen LogP contribution in [-0.2, 0) is 11.2 Å². The van der Waals surface area contributed by atoms with Crippen LogP contribution in [0.2, 0.25) is 0 Å². The Balaban J connectivity index is 1.92. The van der Waals surface area contributed by atoms with Crippen molar-refractivity contribution in [2.24, 2.45) is 0 Å². The number of anilines is 1. The average Bonchev–Trinajstić information content (AvgIpc) is 2.77. The van der Waals surface area contributed by atoms with Gasteiger partial charge in [0.25, 0.3) is 0 Å². The summed E-state index contributed by atoms with van der Waals surface area (Å²) in [6.45, 7) is 2.04. The standard InChI is InChI=1S/C16H17NO2S/c1-10-5-8-14(20-10)16(19)12-6-7-13-11(9-12)3-2-4-15(18)17-13/h5-9,16,19H,2-4H2,1H3,(H,17,18). The van der Waals surface area contributed by atoms with E-state index in [4.69, 9.17) is 0 Å². The van der Waals surface area contributed by atoms with Crippen molar-refractivity contribution >= 4 is 22.9 Å². The molecule has 3 rings (SSSR count). The van der Waals surface area contributed by atoms with E-state index in [9.17, 15) is 9.90 Å². The van der Waals surface area contributed by atoms with E-state index in [0.717, 1.165) is 34.5 Å². The molecule has 1 aromatic carbocycles. The summed E-state index contributed by atoms with van der Waals surface area (Å²) in [5, 5.41) is 13.4. The molecule has 1 aliphatic heterocycles. The smallest absolute Gasteiger partial charge is 0.224 e. The van der Waals surface area contributed by atoms with Gasteiger partial charge in [-0.1, -0.05) is 12.1 Å². The topological polar surface area (TPSA) is 49.3 Å². The number of aliphatic hydroxyl groups is 1. The lowest BCUT2D eigenvalue weighted by atomic mass is 10.0. The first kappa shape index (κ1) is 13.3. The molecule has 1 amide bonds. The number of nitrogens with one attached hydrogen (secondary N) is 1. The average molecular weight is 287 g/mol. The van der Waals surface area contributed by atoms with Crippen molar-refractivity contribution in [2.45, 2.75) is 32.3 Å². The highest BCUT2D eigenvalue weighted by Gasteiger charge is 2.17. The minimum Gasteiger partial charge on any atom is -0.383 e. The number of hydrogen-bond donors (Lipinski definition) is 2. The fraction of sp³-hybridized carbons (Fsp3) is 0.312. The van der Waals surface area contributed by atoms with E-state index in [2.05, 4.69) is 5.32 Å². The highest BCUT2D eigenvalue weighted by Crippen LogP contribution is 2.31. The Bertz CT molecular complexity index is 648. The first-order valence-corrected chi connectivity index (χ1v) is 7.62. The molecule has 1 aromatic heterocycles. The van der Waals surface area contributed by atoms with Crippen LogP contribution in [0.25, 0.3) is 0 Å². The van der Waals surface area contributed by atoms with Crippen molar-refractivity contribution < 1.29 is 9.90 Å². The maximum Gasteiger partial charge on any atom is 0.224 e. The second-order valence-electron chi connectivity index (χ2n) is 5.17. The number of hydrogen-bond acceptors (Lipinski definition) is 3. The van der Waals surface area contributed by atoms with E-state index >= 15 is 0 Å². The number of thiophene rings is 1. The predicted octanol–water partition coefficient (Wildman–Crippen LogP) is 3.41. The summed E-state index contributed by atoms with van der Waals surface area (Å²) in [7, 11) is 0. The van der Waals surface area contributed by atoms with Gasteiger partial charge in [0.05, 0.1) is 0 Å². The largest absolute Gasteiger partial charge is 0.383 e. The monoisotopic (exact) mass is 287 g/mol. The number of carbonyl (C=O) groups excluding carboxylic acids is 1. The molecule has 0 spiro atoms. The zero-order valence-corrected chi connectivity index (χ0v) is 12.2. The van der Waals surface area contributed by atoms with Gasteiger partial charge in [-0.15, -0.1) is 11.3 Å². The van der Waals surface area contributed by atoms with Crippen LogP contribution in [0.1, 0.15) is 39.8 Å². The molecular formula is C16H17NO2S. The van der Waals surface area contributed by atoms with Crippen LogP contribution in [0.4, 0.5) is 5.69 Å². The van der Waals surface area contributed by atoms with Crippen LogP contribution in [-0.4, -0.2) is 11.0 Å². The first-order chi connectivity index (χ1) is 9.63. The van der Waals surface area contributed by atoms with Crippen molar-refractivity contribution in [1.29, 1.82) is 0 Å². The Labute approximate surface area is 122 Å². The van der Waals surface area contributed by atoms with Crippen molar-refractivity contribution in [3.63, 3.8) is 0 Å². The zero-order valence-electron chi connectivity index (χ0n) is 11.3. The molecule has 2 heterocycles. The summed E-state index contributed by atoms with van der Waals surface area (Å²) in [5.74, 6) is 0.0749. The minimum atomic E-state index is -0.585. The lowest BCUT2D eigenvalue weighted by Crippen LogP contribution is -2.09. The molecule has 1 atom stereocenters. The van der Waals surface area contributed by atoms with Crippen molar-refractivity contribution in [3.8, 4) is 0 Å². The fourth-order valence-electron chi connectivity index (χ4n) is 2.53. The normalized spacial score (nSPS) is 16.2. The van der Waals surface area contributed by atoms with Gasteiger partial charge in [-0.2, -0.15) is 0 Å². The van der Waals surface area contributed by atoms with Crippen molar-refractivity contribution in [1.82, 2.24) is 0 Å². The number of amides is 1. The molecule has 3 nitrogen and oxygen atoms in total. The van der Waals surface area contributed by atoms with Crippen molar-refractivity contribution in [3.05, 3.63) is 51.2 Å². The molecule has 20 heavy (non-hydrogen) atoms. The third-order valence-corrected chi connectivity index (χ3v) is 4.65. The van der Waals surface area contributed by atoms with Crippen LogP contribution in [0.5, 0.6) is 0 Å². The van der Waals surface area contributed by atoms with Crippen LogP contribution < -0.4 is 5.32 Å². The van der Waals surface area contributed by atoms with Gasteiger partial charge >= 0.3 is 0 Å². The number of aryl methyl sites for hydroxylation is 2. The molecule has 2 N–H and O–H groups in total. The molecule has 0 saturated carbocycles. The quantitative estimate of drug-likeness (QED) is 0.889. The number of rotatable bonds is 2. The third kappa shape index (κ3) is 2.62. The zero-order chi connectivity index (χ0) is 14.1. The maximum absolute atomic E-state index is 11.5. The lowest BCUT2D eigenvalue weighted by molar-refractivity contribution is -0.116. The number of carbonyl (C=O) groups is 1. The van der Waals surface area contributed by atoms with Crippen LogP contribution >= 0.6 is 11.3 Å². The lowest BCUT2D eigenvalue weighted by Gasteiger charge is -2.13. The molecule has 1 unspecified atom stereocenters. The van der Waals surface area contributed by atoms with Gasteiger partial charge in [0, 0.05) is 21.9 Å². The highest BCUT2D eigenvalue weighted by atomic mass is 32.1. The molecular weight excluding hydrogens is 270 g/mol. The summed E-state index contributed by atoms with van der Waals surface area (Å²) in [5.41, 5.74) is 2.88. The number of fused-ring (bicyclic) bond motifs is 1. The Morgan fingerprint density at radius 3 is 2.85 bits per heavy atom. The molecule has 0 bridgehead atoms. The Hall–Kier alpha value is -1.65. The number of benzene rings is 1. The fourth-order valence-corrected chi connectivity index (χ4v) is 3.42. The van der Waals surface area contributed by atoms with Crippen molar-refractivity contribution in [2.75, 3.05) is 5.32 Å². The predicted molar refractivity (Wildman–Crippen MR) is 81.1 cm³/mol. The van der Waals surface area contributed by atoms with Gasteiger partial charge in [0.1, 0.15) is 6.10 Å². The van der Waals surface area contributed by atoms with Gasteiger partial charge in [0.2, 0.25) is 5.91 Å². The summed E-state index contributed by atoms with van der Waals surface area (Å²) in [6.07, 6.45) is 1.71. The van der Waals surface area contributed by atoms with Gasteiger partial charge in [-0.25, -0.2) is 0 Å². The number of aliphatic hydroxyl groups excluding tert-OH is 1. The van der Waals surface area contributed by atoms with E-state index in [-0.39, 0.29) is 5.91 Å². The molecule has 0 radical (unpaired) electrons. The Kier molecular flexibility index (Phi) is 3.59. The summed E-state index contributed by atoms with van der Waals surface area (Å²) >= 11 is 1.61. The SMILES string of the molecule is Cc1ccc(C(O)c2ccc3c(c2)CCCC(=O)N3)s1. The Morgan fingerprint density at radius 2 is 2.10 bits per heavy atom. The third-order valence-electron chi connectivity index (χ3n) is 3.60. The first-order valence-electron chi connectivity index (χ1n) is 6.80. The molecule has 4 heteroatoms. The van der Waals surface area contributed by atoms with Gasteiger partial charge < -0.3 is 10.4 Å². The summed E-state index contributed by atoms with van der Waals surface area (Å²) in [4.78, 5) is 13.7. The highest BCUT2D eigenvalue weighted by molar-refractivity contribution is 7.12. The molecule has 2 aromatic rings. The maximum atomic E-state index is 11.5. The summed E-state index contributed by atoms with van der Waals surface area (Å²) in [6, 6.07) is 9.80. The van der Waals surface area contributed by atoms with Crippen LogP contribution in [0.3, 0.4) is 0 Å². The minimum absolute atomic E-state index is 0.0749. The van der Waals surface area contributed by atoms with E-state index in [0.29, 0.717) is 6.42 Å². The van der Waals surface area contributed by atoms with E-state index in [1.807, 2.05) is 37.3 Å². The molecule has 0 aliphatic carbocycles.